The normalized spacial score (nSPS) is 24.0. The smallest absolute Gasteiger partial charge is 0.133 e. The van der Waals surface area contributed by atoms with Crippen LogP contribution in [-0.4, -0.2) is 48.1 Å². The monoisotopic (exact) mass is 336 g/mol. The van der Waals surface area contributed by atoms with E-state index < -0.39 is 0 Å². The van der Waals surface area contributed by atoms with Gasteiger partial charge in [-0.15, -0.1) is 0 Å². The lowest BCUT2D eigenvalue weighted by Crippen LogP contribution is -2.50. The molecule has 1 unspecified atom stereocenters. The molecule has 1 saturated carbocycles. The summed E-state index contributed by atoms with van der Waals surface area (Å²) in [6.45, 7) is 7.85. The molecule has 1 aliphatic carbocycles. The van der Waals surface area contributed by atoms with Crippen LogP contribution in [0.15, 0.2) is 24.3 Å². The second-order valence-corrected chi connectivity index (χ2v) is 8.05. The number of benzene rings is 1. The second kappa shape index (κ2) is 6.26. The van der Waals surface area contributed by atoms with Crippen LogP contribution in [0, 0.1) is 6.92 Å². The SMILES string of the molecule is Cc1cccc2cc(CNC3CC3)c(N3CCN4CCCC4C3)nc12. The van der Waals surface area contributed by atoms with E-state index in [0.29, 0.717) is 0 Å². The van der Waals surface area contributed by atoms with Crippen molar-refractivity contribution < 1.29 is 0 Å². The van der Waals surface area contributed by atoms with E-state index in [4.69, 9.17) is 4.98 Å². The highest BCUT2D eigenvalue weighted by atomic mass is 15.3. The Labute approximate surface area is 150 Å². The molecule has 2 saturated heterocycles. The number of para-hydroxylation sites is 1. The molecule has 0 amide bonds. The van der Waals surface area contributed by atoms with E-state index in [-0.39, 0.29) is 0 Å². The van der Waals surface area contributed by atoms with Gasteiger partial charge in [-0.2, -0.15) is 0 Å². The van der Waals surface area contributed by atoms with Gasteiger partial charge in [0.05, 0.1) is 5.52 Å². The molecule has 3 heterocycles. The van der Waals surface area contributed by atoms with Gasteiger partial charge in [0.15, 0.2) is 0 Å². The van der Waals surface area contributed by atoms with Crippen LogP contribution in [0.4, 0.5) is 5.82 Å². The van der Waals surface area contributed by atoms with Crippen LogP contribution in [0.1, 0.15) is 36.8 Å². The van der Waals surface area contributed by atoms with Gasteiger partial charge in [0.1, 0.15) is 5.82 Å². The van der Waals surface area contributed by atoms with Crippen LogP contribution in [0.5, 0.6) is 0 Å². The minimum atomic E-state index is 0.729. The third kappa shape index (κ3) is 3.02. The zero-order chi connectivity index (χ0) is 16.8. The molecule has 25 heavy (non-hydrogen) atoms. The van der Waals surface area contributed by atoms with Gasteiger partial charge in [0, 0.05) is 49.2 Å². The highest BCUT2D eigenvalue weighted by molar-refractivity contribution is 5.84. The quantitative estimate of drug-likeness (QED) is 0.930. The fourth-order valence-electron chi connectivity index (χ4n) is 4.51. The molecule has 4 nitrogen and oxygen atoms in total. The standard InChI is InChI=1S/C21H28N4/c1-15-4-2-5-16-12-17(13-22-18-7-8-18)21(23-20(15)16)25-11-10-24-9-3-6-19(24)14-25/h2,4-5,12,18-19,22H,3,6-11,13-14H2,1H3. The predicted molar refractivity (Wildman–Crippen MR) is 103 cm³/mol. The van der Waals surface area contributed by atoms with Gasteiger partial charge in [0.2, 0.25) is 0 Å². The molecule has 5 rings (SSSR count). The first-order valence-corrected chi connectivity index (χ1v) is 9.89. The van der Waals surface area contributed by atoms with Crippen molar-refractivity contribution in [3.05, 3.63) is 35.4 Å². The van der Waals surface area contributed by atoms with Gasteiger partial charge in [-0.25, -0.2) is 4.98 Å². The number of rotatable bonds is 4. The number of aromatic nitrogens is 1. The Hall–Kier alpha value is -1.65. The van der Waals surface area contributed by atoms with E-state index >= 15 is 0 Å². The van der Waals surface area contributed by atoms with E-state index in [1.165, 1.54) is 66.6 Å². The maximum atomic E-state index is 5.18. The largest absolute Gasteiger partial charge is 0.353 e. The minimum Gasteiger partial charge on any atom is -0.353 e. The summed E-state index contributed by atoms with van der Waals surface area (Å²) >= 11 is 0. The number of anilines is 1. The zero-order valence-electron chi connectivity index (χ0n) is 15.2. The van der Waals surface area contributed by atoms with Gasteiger partial charge in [-0.3, -0.25) is 4.90 Å². The van der Waals surface area contributed by atoms with Gasteiger partial charge in [0.25, 0.3) is 0 Å². The van der Waals surface area contributed by atoms with Crippen LogP contribution in [0.2, 0.25) is 0 Å². The Morgan fingerprint density at radius 1 is 1.16 bits per heavy atom. The Bertz CT molecular complexity index is 783. The van der Waals surface area contributed by atoms with Gasteiger partial charge < -0.3 is 10.2 Å². The summed E-state index contributed by atoms with van der Waals surface area (Å²) in [6.07, 6.45) is 5.37. The summed E-state index contributed by atoms with van der Waals surface area (Å²) < 4.78 is 0. The second-order valence-electron chi connectivity index (χ2n) is 8.05. The molecule has 0 bridgehead atoms. The molecule has 2 aromatic rings. The van der Waals surface area contributed by atoms with Gasteiger partial charge in [-0.1, -0.05) is 18.2 Å². The van der Waals surface area contributed by atoms with E-state index in [1.54, 1.807) is 0 Å². The first-order chi connectivity index (χ1) is 12.3. The van der Waals surface area contributed by atoms with Crippen molar-refractivity contribution in [3.8, 4) is 0 Å². The van der Waals surface area contributed by atoms with E-state index in [2.05, 4.69) is 46.3 Å². The summed E-state index contributed by atoms with van der Waals surface area (Å²) in [7, 11) is 0. The summed E-state index contributed by atoms with van der Waals surface area (Å²) in [6, 6.07) is 10.4. The van der Waals surface area contributed by atoms with Crippen molar-refractivity contribution in [3.63, 3.8) is 0 Å². The summed E-state index contributed by atoms with van der Waals surface area (Å²) in [5.41, 5.74) is 3.82. The summed E-state index contributed by atoms with van der Waals surface area (Å²) in [4.78, 5) is 10.4. The van der Waals surface area contributed by atoms with Crippen molar-refractivity contribution in [1.29, 1.82) is 0 Å². The fraction of sp³-hybridized carbons (Fsp3) is 0.571. The number of fused-ring (bicyclic) bond motifs is 2. The highest BCUT2D eigenvalue weighted by Crippen LogP contribution is 2.30. The van der Waals surface area contributed by atoms with Crippen molar-refractivity contribution in [1.82, 2.24) is 15.2 Å². The highest BCUT2D eigenvalue weighted by Gasteiger charge is 2.32. The summed E-state index contributed by atoms with van der Waals surface area (Å²) in [5.74, 6) is 1.22. The molecule has 0 spiro atoms. The molecule has 2 aliphatic heterocycles. The molecule has 1 aromatic carbocycles. The number of piperazine rings is 1. The predicted octanol–water partition coefficient (Wildman–Crippen LogP) is 3.08. The maximum absolute atomic E-state index is 5.18. The van der Waals surface area contributed by atoms with Gasteiger partial charge in [-0.05, 0) is 50.8 Å². The first kappa shape index (κ1) is 15.6. The topological polar surface area (TPSA) is 31.4 Å². The lowest BCUT2D eigenvalue weighted by atomic mass is 10.1. The summed E-state index contributed by atoms with van der Waals surface area (Å²) in [5, 5.41) is 4.97. The van der Waals surface area contributed by atoms with Crippen molar-refractivity contribution in [2.24, 2.45) is 0 Å². The van der Waals surface area contributed by atoms with Crippen LogP contribution in [0.25, 0.3) is 10.9 Å². The number of nitrogens with one attached hydrogen (secondary N) is 1. The number of hydrogen-bond acceptors (Lipinski definition) is 4. The molecular weight excluding hydrogens is 308 g/mol. The first-order valence-electron chi connectivity index (χ1n) is 9.89. The molecule has 1 aromatic heterocycles. The van der Waals surface area contributed by atoms with Gasteiger partial charge >= 0.3 is 0 Å². The third-order valence-corrected chi connectivity index (χ3v) is 6.15. The third-order valence-electron chi connectivity index (χ3n) is 6.15. The molecule has 1 N–H and O–H groups in total. The number of hydrogen-bond donors (Lipinski definition) is 1. The maximum Gasteiger partial charge on any atom is 0.133 e. The molecule has 132 valence electrons. The Morgan fingerprint density at radius 3 is 2.96 bits per heavy atom. The van der Waals surface area contributed by atoms with E-state index in [0.717, 1.165) is 31.7 Å². The molecular formula is C21H28N4. The Balaban J connectivity index is 1.51. The number of aryl methyl sites for hydroxylation is 1. The zero-order valence-corrected chi connectivity index (χ0v) is 15.2. The lowest BCUT2D eigenvalue weighted by Gasteiger charge is -2.39. The van der Waals surface area contributed by atoms with E-state index in [9.17, 15) is 0 Å². The fourth-order valence-corrected chi connectivity index (χ4v) is 4.51. The minimum absolute atomic E-state index is 0.729. The molecule has 3 fully saturated rings. The molecule has 1 atom stereocenters. The number of nitrogens with zero attached hydrogens (tertiary/aromatic N) is 3. The van der Waals surface area contributed by atoms with Crippen LogP contribution < -0.4 is 10.2 Å². The molecule has 0 radical (unpaired) electrons. The Morgan fingerprint density at radius 2 is 2.08 bits per heavy atom. The molecule has 4 heteroatoms. The molecule has 3 aliphatic rings. The van der Waals surface area contributed by atoms with Crippen molar-refractivity contribution in [2.75, 3.05) is 31.1 Å². The Kier molecular flexibility index (Phi) is 3.90. The average Bonchev–Trinajstić information content (AvgIpc) is 3.34. The van der Waals surface area contributed by atoms with Crippen molar-refractivity contribution >= 4 is 16.7 Å². The van der Waals surface area contributed by atoms with Crippen molar-refractivity contribution in [2.45, 2.75) is 51.2 Å². The lowest BCUT2D eigenvalue weighted by molar-refractivity contribution is 0.230. The number of pyridine rings is 1. The van der Waals surface area contributed by atoms with Crippen LogP contribution in [0.3, 0.4) is 0 Å². The average molecular weight is 336 g/mol. The van der Waals surface area contributed by atoms with Crippen LogP contribution in [-0.2, 0) is 6.54 Å². The van der Waals surface area contributed by atoms with E-state index in [1.807, 2.05) is 0 Å². The van der Waals surface area contributed by atoms with Crippen LogP contribution >= 0.6 is 0 Å².